The number of esters is 1. The van der Waals surface area contributed by atoms with Crippen LogP contribution in [0.4, 0.5) is 0 Å². The van der Waals surface area contributed by atoms with Gasteiger partial charge in [0.25, 0.3) is 0 Å². The largest absolute Gasteiger partial charge is 0.462 e. The van der Waals surface area contributed by atoms with Crippen LogP contribution in [0.25, 0.3) is 0 Å². The molecule has 0 aliphatic carbocycles. The topological polar surface area (TPSA) is 46.6 Å². The van der Waals surface area contributed by atoms with Crippen LogP contribution in [0, 0.1) is 5.41 Å². The van der Waals surface area contributed by atoms with Crippen LogP contribution in [0.5, 0.6) is 0 Å². The summed E-state index contributed by atoms with van der Waals surface area (Å²) >= 11 is 0. The Morgan fingerprint density at radius 2 is 1.77 bits per heavy atom. The molecule has 0 aliphatic heterocycles. The van der Waals surface area contributed by atoms with Gasteiger partial charge in [0.05, 0.1) is 7.11 Å². The predicted molar refractivity (Wildman–Crippen MR) is 49.1 cm³/mol. The summed E-state index contributed by atoms with van der Waals surface area (Å²) in [6.45, 7) is 6.51. The van der Waals surface area contributed by atoms with Crippen molar-refractivity contribution in [2.24, 2.45) is 5.41 Å². The van der Waals surface area contributed by atoms with Crippen molar-refractivity contribution >= 4 is 11.9 Å². The Kier molecular flexibility index (Phi) is 3.91. The highest BCUT2D eigenvalue weighted by Crippen LogP contribution is 2.14. The number of carbonyl (C=O) groups is 2. The molecule has 0 heterocycles. The van der Waals surface area contributed by atoms with Gasteiger partial charge in [0.1, 0.15) is 0 Å². The van der Waals surface area contributed by atoms with Crippen molar-refractivity contribution in [3.05, 3.63) is 0 Å². The van der Waals surface area contributed by atoms with Gasteiger partial charge in [-0.05, 0) is 5.41 Å². The van der Waals surface area contributed by atoms with Crippen LogP contribution >= 0.6 is 0 Å². The third kappa shape index (κ3) is 4.50. The summed E-state index contributed by atoms with van der Waals surface area (Å²) in [4.78, 5) is 23.4. The van der Waals surface area contributed by atoms with E-state index in [2.05, 4.69) is 4.74 Å². The van der Waals surface area contributed by atoms with E-state index in [1.807, 2.05) is 20.8 Å². The lowest BCUT2D eigenvalue weighted by molar-refractivity contribution is -0.158. The van der Waals surface area contributed by atoms with Gasteiger partial charge in [-0.25, -0.2) is 4.79 Å². The first-order chi connectivity index (χ1) is 5.78. The maximum absolute atomic E-state index is 11.2. The Balaban J connectivity index is 4.20. The minimum atomic E-state index is -0.813. The van der Waals surface area contributed by atoms with Crippen molar-refractivity contribution in [2.75, 3.05) is 20.7 Å². The fourth-order valence-corrected chi connectivity index (χ4v) is 1.03. The standard InChI is InChI=1S/C9H17NO3/c1-9(2,3)6-10(4)7(11)8(12)13-5/h6H2,1-5H3. The highest BCUT2D eigenvalue weighted by molar-refractivity contribution is 6.32. The van der Waals surface area contributed by atoms with E-state index in [1.165, 1.54) is 12.0 Å². The second-order valence-electron chi connectivity index (χ2n) is 4.21. The summed E-state index contributed by atoms with van der Waals surface area (Å²) in [6, 6.07) is 0. The summed E-state index contributed by atoms with van der Waals surface area (Å²) in [6.07, 6.45) is 0. The van der Waals surface area contributed by atoms with E-state index in [1.54, 1.807) is 7.05 Å². The Labute approximate surface area is 78.9 Å². The molecule has 76 valence electrons. The van der Waals surface area contributed by atoms with Gasteiger partial charge in [-0.3, -0.25) is 4.79 Å². The molecule has 1 amide bonds. The number of rotatable bonds is 1. The second-order valence-corrected chi connectivity index (χ2v) is 4.21. The van der Waals surface area contributed by atoms with E-state index in [0.29, 0.717) is 6.54 Å². The summed E-state index contributed by atoms with van der Waals surface area (Å²) in [5, 5.41) is 0. The van der Waals surface area contributed by atoms with Gasteiger partial charge in [-0.15, -0.1) is 0 Å². The molecule has 0 saturated heterocycles. The molecule has 13 heavy (non-hydrogen) atoms. The van der Waals surface area contributed by atoms with Crippen LogP contribution in [0.15, 0.2) is 0 Å². The zero-order valence-electron chi connectivity index (χ0n) is 8.88. The molecule has 0 fully saturated rings. The normalized spacial score (nSPS) is 10.8. The zero-order chi connectivity index (χ0) is 10.6. The predicted octanol–water partition coefficient (Wildman–Crippen LogP) is 0.664. The van der Waals surface area contributed by atoms with E-state index < -0.39 is 11.9 Å². The summed E-state index contributed by atoms with van der Waals surface area (Å²) in [5.74, 6) is -1.41. The van der Waals surface area contributed by atoms with Crippen molar-refractivity contribution in [1.29, 1.82) is 0 Å². The monoisotopic (exact) mass is 187 g/mol. The highest BCUT2D eigenvalue weighted by atomic mass is 16.5. The smallest absolute Gasteiger partial charge is 0.396 e. The maximum Gasteiger partial charge on any atom is 0.396 e. The van der Waals surface area contributed by atoms with Crippen LogP contribution in [-0.4, -0.2) is 37.5 Å². The molecule has 0 radical (unpaired) electrons. The summed E-state index contributed by atoms with van der Waals surface area (Å²) in [7, 11) is 2.79. The number of likely N-dealkylation sites (N-methyl/N-ethyl adjacent to an activating group) is 1. The van der Waals surface area contributed by atoms with Gasteiger partial charge in [-0.1, -0.05) is 20.8 Å². The molecule has 0 unspecified atom stereocenters. The third-order valence-corrected chi connectivity index (χ3v) is 1.42. The number of hydrogen-bond donors (Lipinski definition) is 0. The molecule has 0 spiro atoms. The lowest BCUT2D eigenvalue weighted by Gasteiger charge is -2.25. The minimum absolute atomic E-state index is 0.0154. The number of hydrogen-bond acceptors (Lipinski definition) is 3. The van der Waals surface area contributed by atoms with Gasteiger partial charge in [0.15, 0.2) is 0 Å². The summed E-state index contributed by atoms with van der Waals surface area (Å²) < 4.78 is 4.32. The van der Waals surface area contributed by atoms with E-state index >= 15 is 0 Å². The van der Waals surface area contributed by atoms with Gasteiger partial charge in [-0.2, -0.15) is 0 Å². The molecule has 4 nitrogen and oxygen atoms in total. The average molecular weight is 187 g/mol. The van der Waals surface area contributed by atoms with E-state index in [-0.39, 0.29) is 5.41 Å². The lowest BCUT2D eigenvalue weighted by Crippen LogP contribution is -2.39. The first-order valence-corrected chi connectivity index (χ1v) is 4.11. The summed E-state index contributed by atoms with van der Waals surface area (Å²) in [5.41, 5.74) is -0.0154. The van der Waals surface area contributed by atoms with Crippen molar-refractivity contribution in [3.63, 3.8) is 0 Å². The quantitative estimate of drug-likeness (QED) is 0.447. The van der Waals surface area contributed by atoms with Crippen molar-refractivity contribution in [3.8, 4) is 0 Å². The fraction of sp³-hybridized carbons (Fsp3) is 0.778. The molecule has 0 rings (SSSR count). The molecule has 0 aliphatic rings. The van der Waals surface area contributed by atoms with Crippen molar-refractivity contribution in [1.82, 2.24) is 4.90 Å². The SMILES string of the molecule is COC(=O)C(=O)N(C)CC(C)(C)C. The van der Waals surface area contributed by atoms with Crippen LogP contribution < -0.4 is 0 Å². The minimum Gasteiger partial charge on any atom is -0.462 e. The molecule has 0 bridgehead atoms. The first kappa shape index (κ1) is 11.9. The molecule has 0 aromatic rings. The number of methoxy groups -OCH3 is 1. The Morgan fingerprint density at radius 3 is 2.08 bits per heavy atom. The average Bonchev–Trinajstić information content (AvgIpc) is 1.98. The zero-order valence-corrected chi connectivity index (χ0v) is 8.88. The second kappa shape index (κ2) is 4.25. The Morgan fingerprint density at radius 1 is 1.31 bits per heavy atom. The van der Waals surface area contributed by atoms with Gasteiger partial charge in [0.2, 0.25) is 0 Å². The highest BCUT2D eigenvalue weighted by Gasteiger charge is 2.23. The van der Waals surface area contributed by atoms with Crippen LogP contribution in [0.3, 0.4) is 0 Å². The van der Waals surface area contributed by atoms with E-state index in [4.69, 9.17) is 0 Å². The van der Waals surface area contributed by atoms with Crippen molar-refractivity contribution < 1.29 is 14.3 Å². The molecule has 0 saturated carbocycles. The van der Waals surface area contributed by atoms with Crippen LogP contribution in [0.2, 0.25) is 0 Å². The third-order valence-electron chi connectivity index (χ3n) is 1.42. The van der Waals surface area contributed by atoms with Crippen molar-refractivity contribution in [2.45, 2.75) is 20.8 Å². The molecule has 0 aromatic heterocycles. The van der Waals surface area contributed by atoms with Gasteiger partial charge >= 0.3 is 11.9 Å². The van der Waals surface area contributed by atoms with Crippen LogP contribution in [-0.2, 0) is 14.3 Å². The first-order valence-electron chi connectivity index (χ1n) is 4.11. The molecule has 0 aromatic carbocycles. The molecular weight excluding hydrogens is 170 g/mol. The molecule has 0 N–H and O–H groups in total. The number of carbonyl (C=O) groups excluding carboxylic acids is 2. The molecular formula is C9H17NO3. The Hall–Kier alpha value is -1.06. The number of nitrogens with zero attached hydrogens (tertiary/aromatic N) is 1. The van der Waals surface area contributed by atoms with Gasteiger partial charge in [0, 0.05) is 13.6 Å². The van der Waals surface area contributed by atoms with E-state index in [9.17, 15) is 9.59 Å². The number of amides is 1. The van der Waals surface area contributed by atoms with Crippen LogP contribution in [0.1, 0.15) is 20.8 Å². The molecule has 0 atom stereocenters. The van der Waals surface area contributed by atoms with E-state index in [0.717, 1.165) is 0 Å². The maximum atomic E-state index is 11.2. The molecule has 4 heteroatoms. The Bertz CT molecular complexity index is 205. The lowest BCUT2D eigenvalue weighted by atomic mass is 9.96. The van der Waals surface area contributed by atoms with Gasteiger partial charge < -0.3 is 9.64 Å². The fourth-order valence-electron chi connectivity index (χ4n) is 1.03. The number of ether oxygens (including phenoxy) is 1.